The number of nitrogens with zero attached hydrogens (tertiary/aromatic N) is 4. The average Bonchev–Trinajstić information content (AvgIpc) is 3.96. The number of hydrogen-bond donors (Lipinski definition) is 0. The second kappa shape index (κ2) is 12.3. The molecule has 6 nitrogen and oxygen atoms in total. The van der Waals surface area contributed by atoms with Gasteiger partial charge in [-0.25, -0.2) is 4.98 Å². The predicted molar refractivity (Wildman–Crippen MR) is 230 cm³/mol. The summed E-state index contributed by atoms with van der Waals surface area (Å²) in [5.41, 5.74) is 11.4. The summed E-state index contributed by atoms with van der Waals surface area (Å²) in [7, 11) is 0. The van der Waals surface area contributed by atoms with E-state index in [1.165, 1.54) is 0 Å². The summed E-state index contributed by atoms with van der Waals surface area (Å²) in [4.78, 5) is 15.4. The van der Waals surface area contributed by atoms with Crippen molar-refractivity contribution in [1.29, 1.82) is 0 Å². The van der Waals surface area contributed by atoms with Crippen molar-refractivity contribution >= 4 is 65.7 Å². The van der Waals surface area contributed by atoms with Gasteiger partial charge in [-0.1, -0.05) is 146 Å². The Labute approximate surface area is 325 Å². The number of fused-ring (bicyclic) bond motifs is 9. The van der Waals surface area contributed by atoms with Crippen molar-refractivity contribution in [3.63, 3.8) is 0 Å². The van der Waals surface area contributed by atoms with E-state index < -0.39 is 0 Å². The molecule has 0 saturated carbocycles. The topological polar surface area (TPSA) is 69.9 Å². The number of hydrogen-bond acceptors (Lipinski definition) is 5. The molecule has 12 aromatic rings. The lowest BCUT2D eigenvalue weighted by molar-refractivity contribution is 0.669. The van der Waals surface area contributed by atoms with Gasteiger partial charge in [-0.05, 0) is 47.5 Å². The molecule has 0 aliphatic rings. The Bertz CT molecular complexity index is 3490. The molecule has 0 N–H and O–H groups in total. The molecule has 0 aliphatic heterocycles. The highest BCUT2D eigenvalue weighted by Crippen LogP contribution is 2.41. The van der Waals surface area contributed by atoms with E-state index in [-0.39, 0.29) is 0 Å². The quantitative estimate of drug-likeness (QED) is 0.176. The Kier molecular flexibility index (Phi) is 6.83. The van der Waals surface area contributed by atoms with Crippen LogP contribution in [0.15, 0.2) is 191 Å². The van der Waals surface area contributed by atoms with Crippen LogP contribution < -0.4 is 0 Å². The van der Waals surface area contributed by atoms with Gasteiger partial charge in [0.1, 0.15) is 22.3 Å². The SMILES string of the molecule is c1ccc(-c2nc(-c3cccc(-c4cccc5c4oc4ccc(-c6cccc7c6oc6ccccc67)cc45)c3)nc(-n3c4ccccc4c4ccccc43)n2)cc1. The van der Waals surface area contributed by atoms with Gasteiger partial charge in [0, 0.05) is 54.6 Å². The van der Waals surface area contributed by atoms with E-state index in [0.29, 0.717) is 17.6 Å². The van der Waals surface area contributed by atoms with Crippen molar-refractivity contribution in [3.8, 4) is 51.0 Å². The number of benzene rings is 8. The molecule has 0 fully saturated rings. The van der Waals surface area contributed by atoms with Crippen LogP contribution in [-0.2, 0) is 0 Å². The summed E-state index contributed by atoms with van der Waals surface area (Å²) in [5.74, 6) is 1.76. The molecule has 4 heterocycles. The number of rotatable bonds is 5. The molecule has 57 heavy (non-hydrogen) atoms. The van der Waals surface area contributed by atoms with Crippen LogP contribution in [0, 0.1) is 0 Å². The molecule has 0 amide bonds. The lowest BCUT2D eigenvalue weighted by Crippen LogP contribution is -2.06. The smallest absolute Gasteiger partial charge is 0.238 e. The van der Waals surface area contributed by atoms with Gasteiger partial charge < -0.3 is 8.83 Å². The summed E-state index contributed by atoms with van der Waals surface area (Å²) >= 11 is 0. The zero-order valence-electron chi connectivity index (χ0n) is 30.4. The van der Waals surface area contributed by atoms with Crippen LogP contribution in [0.1, 0.15) is 0 Å². The summed E-state index contributed by atoms with van der Waals surface area (Å²) in [6.45, 7) is 0. The monoisotopic (exact) mass is 730 g/mol. The Balaban J connectivity index is 1.00. The molecule has 0 unspecified atom stereocenters. The van der Waals surface area contributed by atoms with Crippen LogP contribution in [0.4, 0.5) is 0 Å². The van der Waals surface area contributed by atoms with Crippen LogP contribution in [0.5, 0.6) is 0 Å². The zero-order valence-corrected chi connectivity index (χ0v) is 30.4. The van der Waals surface area contributed by atoms with Crippen molar-refractivity contribution in [2.24, 2.45) is 0 Å². The third-order valence-electron chi connectivity index (χ3n) is 11.1. The van der Waals surface area contributed by atoms with E-state index >= 15 is 0 Å². The number of para-hydroxylation sites is 5. The summed E-state index contributed by atoms with van der Waals surface area (Å²) < 4.78 is 15.2. The molecule has 266 valence electrons. The van der Waals surface area contributed by atoms with E-state index in [9.17, 15) is 0 Å². The normalized spacial score (nSPS) is 11.9. The fourth-order valence-corrected chi connectivity index (χ4v) is 8.44. The minimum absolute atomic E-state index is 0.565. The molecular formula is C51H30N4O2. The van der Waals surface area contributed by atoms with Crippen molar-refractivity contribution in [2.45, 2.75) is 0 Å². The van der Waals surface area contributed by atoms with E-state index in [4.69, 9.17) is 23.8 Å². The van der Waals surface area contributed by atoms with Gasteiger partial charge in [-0.2, -0.15) is 9.97 Å². The molecule has 0 spiro atoms. The molecular weight excluding hydrogens is 701 g/mol. The van der Waals surface area contributed by atoms with Crippen LogP contribution >= 0.6 is 0 Å². The maximum absolute atomic E-state index is 6.67. The first-order valence-electron chi connectivity index (χ1n) is 19.0. The predicted octanol–water partition coefficient (Wildman–Crippen LogP) is 13.4. The maximum atomic E-state index is 6.67. The highest BCUT2D eigenvalue weighted by Gasteiger charge is 2.20. The van der Waals surface area contributed by atoms with Gasteiger partial charge in [0.25, 0.3) is 0 Å². The first kappa shape index (κ1) is 31.5. The van der Waals surface area contributed by atoms with Crippen LogP contribution in [0.2, 0.25) is 0 Å². The summed E-state index contributed by atoms with van der Waals surface area (Å²) in [5, 5.41) is 6.62. The highest BCUT2D eigenvalue weighted by molar-refractivity contribution is 6.13. The molecule has 0 bridgehead atoms. The Hall–Kier alpha value is -7.83. The number of aromatic nitrogens is 4. The summed E-state index contributed by atoms with van der Waals surface area (Å²) in [6.07, 6.45) is 0. The lowest BCUT2D eigenvalue weighted by atomic mass is 9.98. The molecule has 0 atom stereocenters. The standard InChI is InChI=1S/C51H30N4O2/c1-2-13-31(14-3-1)49-52-50(54-51(53-49)55-43-24-7-4-17-37(43)38-18-5-8-25-44(38)55)34-16-10-15-32(29-34)35-20-12-23-41-42-30-33(27-28-46(42)57-48(35)41)36-21-11-22-40-39-19-6-9-26-45(39)56-47(36)40/h1-30H. The summed E-state index contributed by atoms with van der Waals surface area (Å²) in [6, 6.07) is 62.6. The minimum Gasteiger partial charge on any atom is -0.455 e. The second-order valence-electron chi connectivity index (χ2n) is 14.4. The molecule has 0 saturated heterocycles. The third-order valence-corrected chi connectivity index (χ3v) is 11.1. The van der Waals surface area contributed by atoms with E-state index in [2.05, 4.69) is 144 Å². The minimum atomic E-state index is 0.565. The van der Waals surface area contributed by atoms with Gasteiger partial charge in [0.2, 0.25) is 5.95 Å². The van der Waals surface area contributed by atoms with Crippen LogP contribution in [0.25, 0.3) is 117 Å². The van der Waals surface area contributed by atoms with Crippen molar-refractivity contribution in [3.05, 3.63) is 182 Å². The molecule has 0 radical (unpaired) electrons. The van der Waals surface area contributed by atoms with Crippen LogP contribution in [0.3, 0.4) is 0 Å². The van der Waals surface area contributed by atoms with Crippen LogP contribution in [-0.4, -0.2) is 19.5 Å². The average molecular weight is 731 g/mol. The zero-order chi connectivity index (χ0) is 37.5. The maximum Gasteiger partial charge on any atom is 0.238 e. The second-order valence-corrected chi connectivity index (χ2v) is 14.4. The fraction of sp³-hybridized carbons (Fsp3) is 0. The molecule has 4 aromatic heterocycles. The van der Waals surface area contributed by atoms with Gasteiger partial charge in [-0.15, -0.1) is 0 Å². The van der Waals surface area contributed by atoms with Crippen molar-refractivity contribution in [2.75, 3.05) is 0 Å². The van der Waals surface area contributed by atoms with E-state index in [1.807, 2.05) is 42.5 Å². The van der Waals surface area contributed by atoms with Gasteiger partial charge in [-0.3, -0.25) is 4.57 Å². The Morgan fingerprint density at radius 2 is 0.842 bits per heavy atom. The first-order chi connectivity index (χ1) is 28.2. The Morgan fingerprint density at radius 3 is 1.56 bits per heavy atom. The van der Waals surface area contributed by atoms with Crippen molar-refractivity contribution < 1.29 is 8.83 Å². The lowest BCUT2D eigenvalue weighted by Gasteiger charge is -2.11. The van der Waals surface area contributed by atoms with E-state index in [0.717, 1.165) is 99.1 Å². The highest BCUT2D eigenvalue weighted by atomic mass is 16.3. The molecule has 8 aromatic carbocycles. The van der Waals surface area contributed by atoms with E-state index in [1.54, 1.807) is 0 Å². The Morgan fingerprint density at radius 1 is 0.333 bits per heavy atom. The molecule has 6 heteroatoms. The van der Waals surface area contributed by atoms with Crippen molar-refractivity contribution in [1.82, 2.24) is 19.5 Å². The van der Waals surface area contributed by atoms with Gasteiger partial charge in [0.05, 0.1) is 11.0 Å². The third kappa shape index (κ3) is 4.94. The van der Waals surface area contributed by atoms with Gasteiger partial charge >= 0.3 is 0 Å². The number of furan rings is 2. The molecule has 12 rings (SSSR count). The fourth-order valence-electron chi connectivity index (χ4n) is 8.44. The molecule has 0 aliphatic carbocycles. The van der Waals surface area contributed by atoms with Gasteiger partial charge in [0.15, 0.2) is 11.6 Å². The first-order valence-corrected chi connectivity index (χ1v) is 19.0. The largest absolute Gasteiger partial charge is 0.455 e.